The molecule has 0 aromatic rings. The molecule has 0 saturated heterocycles. The van der Waals surface area contributed by atoms with Gasteiger partial charge < -0.3 is 5.73 Å². The summed E-state index contributed by atoms with van der Waals surface area (Å²) in [5, 5.41) is 0. The van der Waals surface area contributed by atoms with Crippen LogP contribution < -0.4 is 10.5 Å². The van der Waals surface area contributed by atoms with Gasteiger partial charge in [-0.25, -0.2) is 0 Å². The Bertz CT molecular complexity index is 358. The van der Waals surface area contributed by atoms with Crippen molar-refractivity contribution in [3.8, 4) is 0 Å². The normalized spacial score (nSPS) is 14.1. The van der Waals surface area contributed by atoms with Crippen molar-refractivity contribution in [1.82, 2.24) is 9.03 Å². The van der Waals surface area contributed by atoms with Crippen molar-refractivity contribution in [3.63, 3.8) is 0 Å². The average molecular weight is 305 g/mol. The predicted octanol–water partition coefficient (Wildman–Crippen LogP) is 1.22. The maximum Gasteiger partial charge on any atom is 0.402 e. The highest BCUT2D eigenvalue weighted by Crippen LogP contribution is 2.25. The van der Waals surface area contributed by atoms with E-state index in [0.29, 0.717) is 12.8 Å². The first kappa shape index (κ1) is 18.6. The maximum atomic E-state index is 12.1. The second-order valence-corrected chi connectivity index (χ2v) is 5.92. The van der Waals surface area contributed by atoms with Crippen LogP contribution in [0.5, 0.6) is 0 Å². The first-order valence-electron chi connectivity index (χ1n) is 6.12. The van der Waals surface area contributed by atoms with E-state index in [1.807, 2.05) is 0 Å². The third-order valence-electron chi connectivity index (χ3n) is 3.26. The number of alkyl halides is 3. The Kier molecular flexibility index (Phi) is 6.73. The van der Waals surface area contributed by atoms with Crippen molar-refractivity contribution in [1.29, 1.82) is 0 Å². The van der Waals surface area contributed by atoms with Crippen LogP contribution in [0, 0.1) is 0 Å². The molecule has 0 fully saturated rings. The molecule has 0 heterocycles. The Morgan fingerprint density at radius 3 is 1.89 bits per heavy atom. The molecular formula is C10H22F3N3O2S. The predicted molar refractivity (Wildman–Crippen MR) is 67.7 cm³/mol. The smallest absolute Gasteiger partial charge is 0.329 e. The van der Waals surface area contributed by atoms with Gasteiger partial charge in [0.15, 0.2) is 0 Å². The SMILES string of the molecule is CCN(C(CC)(CC)CN)S(=O)(=O)NCC(F)(F)F. The second kappa shape index (κ2) is 6.87. The van der Waals surface area contributed by atoms with Gasteiger partial charge in [0, 0.05) is 18.6 Å². The van der Waals surface area contributed by atoms with E-state index in [9.17, 15) is 21.6 Å². The molecule has 0 atom stereocenters. The number of nitrogens with two attached hydrogens (primary N) is 1. The summed E-state index contributed by atoms with van der Waals surface area (Å²) in [4.78, 5) is 0. The number of halogens is 3. The van der Waals surface area contributed by atoms with Crippen molar-refractivity contribution in [2.24, 2.45) is 5.73 Å². The monoisotopic (exact) mass is 305 g/mol. The summed E-state index contributed by atoms with van der Waals surface area (Å²) < 4.78 is 63.0. The van der Waals surface area contributed by atoms with E-state index < -0.39 is 28.5 Å². The van der Waals surface area contributed by atoms with Crippen molar-refractivity contribution in [2.45, 2.75) is 45.3 Å². The Balaban J connectivity index is 5.22. The number of rotatable bonds is 8. The molecule has 116 valence electrons. The van der Waals surface area contributed by atoms with E-state index in [2.05, 4.69) is 0 Å². The zero-order valence-corrected chi connectivity index (χ0v) is 12.2. The zero-order valence-electron chi connectivity index (χ0n) is 11.4. The molecule has 0 aliphatic carbocycles. The second-order valence-electron chi connectivity index (χ2n) is 4.24. The maximum absolute atomic E-state index is 12.1. The van der Waals surface area contributed by atoms with Gasteiger partial charge in [-0.05, 0) is 12.8 Å². The van der Waals surface area contributed by atoms with Gasteiger partial charge in [0.2, 0.25) is 0 Å². The first-order valence-corrected chi connectivity index (χ1v) is 7.56. The minimum absolute atomic E-state index is 0.0563. The molecule has 0 aliphatic heterocycles. The molecule has 3 N–H and O–H groups in total. The van der Waals surface area contributed by atoms with Crippen LogP contribution >= 0.6 is 0 Å². The molecule has 0 radical (unpaired) electrons. The van der Waals surface area contributed by atoms with Crippen LogP contribution in [-0.4, -0.2) is 44.1 Å². The number of hydrogen-bond donors (Lipinski definition) is 2. The molecule has 5 nitrogen and oxygen atoms in total. The Hall–Kier alpha value is -0.380. The lowest BCUT2D eigenvalue weighted by Crippen LogP contribution is -2.59. The minimum atomic E-state index is -4.59. The molecule has 9 heteroatoms. The topological polar surface area (TPSA) is 75.4 Å². The Morgan fingerprint density at radius 2 is 1.63 bits per heavy atom. The lowest BCUT2D eigenvalue weighted by molar-refractivity contribution is -0.121. The van der Waals surface area contributed by atoms with Crippen LogP contribution in [0.1, 0.15) is 33.6 Å². The molecule has 0 saturated carbocycles. The zero-order chi connectivity index (χ0) is 15.3. The van der Waals surface area contributed by atoms with Crippen LogP contribution in [0.15, 0.2) is 0 Å². The van der Waals surface area contributed by atoms with Crippen LogP contribution in [0.3, 0.4) is 0 Å². The lowest BCUT2D eigenvalue weighted by atomic mass is 9.93. The molecule has 0 spiro atoms. The third kappa shape index (κ3) is 4.90. The molecule has 19 heavy (non-hydrogen) atoms. The van der Waals surface area contributed by atoms with E-state index in [1.165, 1.54) is 0 Å². The van der Waals surface area contributed by atoms with Crippen LogP contribution in [0.25, 0.3) is 0 Å². The largest absolute Gasteiger partial charge is 0.402 e. The Morgan fingerprint density at radius 1 is 1.16 bits per heavy atom. The number of hydrogen-bond acceptors (Lipinski definition) is 3. The summed E-state index contributed by atoms with van der Waals surface area (Å²) in [5.41, 5.74) is 4.77. The molecule has 0 unspecified atom stereocenters. The van der Waals surface area contributed by atoms with E-state index in [-0.39, 0.29) is 13.1 Å². The molecule has 0 aromatic heterocycles. The summed E-state index contributed by atoms with van der Waals surface area (Å²) in [7, 11) is -4.22. The van der Waals surface area contributed by atoms with Gasteiger partial charge in [-0.1, -0.05) is 20.8 Å². The van der Waals surface area contributed by atoms with Gasteiger partial charge in [-0.2, -0.15) is 30.6 Å². The van der Waals surface area contributed by atoms with Gasteiger partial charge in [0.1, 0.15) is 6.54 Å². The standard InChI is InChI=1S/C10H22F3N3O2S/c1-4-9(5-2,7-14)16(6-3)19(17,18)15-8-10(11,12)13/h15H,4-8,14H2,1-3H3. The summed E-state index contributed by atoms with van der Waals surface area (Å²) in [6.07, 6.45) is -3.72. The van der Waals surface area contributed by atoms with E-state index in [0.717, 1.165) is 4.31 Å². The summed E-state index contributed by atoms with van der Waals surface area (Å²) in [5.74, 6) is 0. The fraction of sp³-hybridized carbons (Fsp3) is 1.00. The highest BCUT2D eigenvalue weighted by molar-refractivity contribution is 7.87. The number of likely N-dealkylation sites (N-methyl/N-ethyl adjacent to an activating group) is 1. The van der Waals surface area contributed by atoms with Gasteiger partial charge in [0.25, 0.3) is 10.2 Å². The lowest BCUT2D eigenvalue weighted by Gasteiger charge is -2.40. The van der Waals surface area contributed by atoms with Gasteiger partial charge >= 0.3 is 6.18 Å². The fourth-order valence-electron chi connectivity index (χ4n) is 2.00. The number of nitrogens with zero attached hydrogens (tertiary/aromatic N) is 1. The van der Waals surface area contributed by atoms with E-state index in [4.69, 9.17) is 5.73 Å². The van der Waals surface area contributed by atoms with Gasteiger partial charge in [0.05, 0.1) is 0 Å². The quantitative estimate of drug-likeness (QED) is 0.708. The van der Waals surface area contributed by atoms with Crippen LogP contribution in [0.2, 0.25) is 0 Å². The van der Waals surface area contributed by atoms with Crippen molar-refractivity contribution in [3.05, 3.63) is 0 Å². The highest BCUT2D eigenvalue weighted by Gasteiger charge is 2.40. The molecule has 0 aromatic carbocycles. The summed E-state index contributed by atoms with van der Waals surface area (Å²) in [6, 6.07) is 0. The molecule has 0 aliphatic rings. The number of nitrogens with one attached hydrogen (secondary N) is 1. The fourth-order valence-corrected chi connectivity index (χ4v) is 3.69. The van der Waals surface area contributed by atoms with Crippen LogP contribution in [0.4, 0.5) is 13.2 Å². The molecular weight excluding hydrogens is 283 g/mol. The van der Waals surface area contributed by atoms with Gasteiger partial charge in [-0.3, -0.25) is 0 Å². The van der Waals surface area contributed by atoms with E-state index >= 15 is 0 Å². The average Bonchev–Trinajstić information content (AvgIpc) is 2.33. The highest BCUT2D eigenvalue weighted by atomic mass is 32.2. The Labute approximate surface area is 112 Å². The first-order chi connectivity index (χ1) is 8.58. The van der Waals surface area contributed by atoms with Crippen molar-refractivity contribution in [2.75, 3.05) is 19.6 Å². The van der Waals surface area contributed by atoms with Crippen LogP contribution in [-0.2, 0) is 10.2 Å². The molecule has 0 bridgehead atoms. The van der Waals surface area contributed by atoms with Crippen molar-refractivity contribution < 1.29 is 21.6 Å². The van der Waals surface area contributed by atoms with E-state index in [1.54, 1.807) is 25.5 Å². The third-order valence-corrected chi connectivity index (χ3v) is 4.99. The minimum Gasteiger partial charge on any atom is -0.329 e. The van der Waals surface area contributed by atoms with Gasteiger partial charge in [-0.15, -0.1) is 0 Å². The summed E-state index contributed by atoms with van der Waals surface area (Å²) in [6.45, 7) is 3.63. The van der Waals surface area contributed by atoms with Crippen molar-refractivity contribution >= 4 is 10.2 Å². The summed E-state index contributed by atoms with van der Waals surface area (Å²) >= 11 is 0. The molecule has 0 rings (SSSR count). The molecule has 0 amide bonds.